The number of amides is 3. The first-order valence-corrected chi connectivity index (χ1v) is 9.50. The lowest BCUT2D eigenvalue weighted by atomic mass is 9.57. The van der Waals surface area contributed by atoms with E-state index in [1.807, 2.05) is 0 Å². The van der Waals surface area contributed by atoms with Gasteiger partial charge in [0.1, 0.15) is 5.69 Å². The van der Waals surface area contributed by atoms with E-state index in [0.29, 0.717) is 50.6 Å². The zero-order chi connectivity index (χ0) is 20.3. The molecule has 3 aliphatic rings. The summed E-state index contributed by atoms with van der Waals surface area (Å²) in [6, 6.07) is 1.08. The topological polar surface area (TPSA) is 84.5 Å². The predicted octanol–water partition coefficient (Wildman–Crippen LogP) is 1.62. The van der Waals surface area contributed by atoms with Crippen molar-refractivity contribution in [1.82, 2.24) is 19.6 Å². The van der Waals surface area contributed by atoms with Gasteiger partial charge in [-0.3, -0.25) is 9.48 Å². The zero-order valence-electron chi connectivity index (χ0n) is 15.7. The van der Waals surface area contributed by atoms with Gasteiger partial charge in [-0.1, -0.05) is 0 Å². The molecule has 0 bridgehead atoms. The number of nitrogens with zero attached hydrogens (tertiary/aromatic N) is 4. The Kier molecular flexibility index (Phi) is 4.35. The van der Waals surface area contributed by atoms with Gasteiger partial charge in [-0.05, 0) is 37.7 Å². The standard InChI is InChI=1S/C18H24F3N5O2/c1-24-14(18(19,20)21)5-13(23-24)4-11-6-17(7-11)9-26(10-17)16(28)25-3-2-12(8-25)15(22)27/h5,11-12H,2-4,6-10H2,1H3,(H2,22,27)/t12-/m0/s1. The lowest BCUT2D eigenvalue weighted by molar-refractivity contribution is -0.143. The van der Waals surface area contributed by atoms with Crippen LogP contribution in [0.4, 0.5) is 18.0 Å². The van der Waals surface area contributed by atoms with Crippen LogP contribution in [-0.4, -0.2) is 57.7 Å². The minimum Gasteiger partial charge on any atom is -0.369 e. The van der Waals surface area contributed by atoms with Gasteiger partial charge in [0.15, 0.2) is 0 Å². The highest BCUT2D eigenvalue weighted by Gasteiger charge is 2.54. The van der Waals surface area contributed by atoms with Crippen LogP contribution in [0.5, 0.6) is 0 Å². The molecular formula is C18H24F3N5O2. The molecule has 28 heavy (non-hydrogen) atoms. The molecule has 1 aliphatic carbocycles. The minimum absolute atomic E-state index is 0.0441. The number of carbonyl (C=O) groups excluding carboxylic acids is 2. The molecule has 1 saturated carbocycles. The highest BCUT2D eigenvalue weighted by molar-refractivity contribution is 5.80. The van der Waals surface area contributed by atoms with Crippen LogP contribution in [0.1, 0.15) is 30.7 Å². The van der Waals surface area contributed by atoms with Gasteiger partial charge < -0.3 is 15.5 Å². The van der Waals surface area contributed by atoms with Crippen LogP contribution in [0.15, 0.2) is 6.07 Å². The normalized spacial score (nSPS) is 24.4. The summed E-state index contributed by atoms with van der Waals surface area (Å²) in [6.07, 6.45) is -1.44. The number of primary amides is 1. The number of alkyl halides is 3. The molecule has 0 unspecified atom stereocenters. The molecule has 1 spiro atoms. The van der Waals surface area contributed by atoms with Gasteiger partial charge in [0.05, 0.1) is 11.6 Å². The first kappa shape index (κ1) is 19.1. The van der Waals surface area contributed by atoms with Crippen LogP contribution in [0.3, 0.4) is 0 Å². The zero-order valence-corrected chi connectivity index (χ0v) is 15.7. The highest BCUT2D eigenvalue weighted by Crippen LogP contribution is 2.53. The number of aromatic nitrogens is 2. The monoisotopic (exact) mass is 399 g/mol. The Bertz CT molecular complexity index is 792. The van der Waals surface area contributed by atoms with Crippen LogP contribution in [0, 0.1) is 17.3 Å². The lowest BCUT2D eigenvalue weighted by Crippen LogP contribution is -2.65. The maximum atomic E-state index is 12.9. The largest absolute Gasteiger partial charge is 0.433 e. The third-order valence-electron chi connectivity index (χ3n) is 6.35. The van der Waals surface area contributed by atoms with E-state index < -0.39 is 11.9 Å². The number of hydrogen-bond acceptors (Lipinski definition) is 3. The molecule has 2 aliphatic heterocycles. The Morgan fingerprint density at radius 3 is 2.50 bits per heavy atom. The number of halogens is 3. The summed E-state index contributed by atoms with van der Waals surface area (Å²) in [5, 5.41) is 3.99. The highest BCUT2D eigenvalue weighted by atomic mass is 19.4. The first-order valence-electron chi connectivity index (χ1n) is 9.50. The summed E-state index contributed by atoms with van der Waals surface area (Å²) in [4.78, 5) is 27.2. The van der Waals surface area contributed by atoms with Gasteiger partial charge in [-0.2, -0.15) is 18.3 Å². The average molecular weight is 399 g/mol. The molecule has 2 N–H and O–H groups in total. The molecule has 2 saturated heterocycles. The van der Waals surface area contributed by atoms with E-state index in [-0.39, 0.29) is 23.3 Å². The number of likely N-dealkylation sites (tertiary alicyclic amines) is 2. The molecule has 0 radical (unpaired) electrons. The number of hydrogen-bond donors (Lipinski definition) is 1. The van der Waals surface area contributed by atoms with Crippen LogP contribution in [0.2, 0.25) is 0 Å². The number of rotatable bonds is 3. The number of nitrogens with two attached hydrogens (primary N) is 1. The fourth-order valence-corrected chi connectivity index (χ4v) is 5.02. The van der Waals surface area contributed by atoms with Crippen LogP contribution < -0.4 is 5.73 Å². The maximum absolute atomic E-state index is 12.9. The molecule has 3 amide bonds. The molecule has 154 valence electrons. The van der Waals surface area contributed by atoms with Gasteiger partial charge in [0.2, 0.25) is 5.91 Å². The number of urea groups is 1. The third-order valence-corrected chi connectivity index (χ3v) is 6.35. The van der Waals surface area contributed by atoms with E-state index in [0.717, 1.165) is 23.6 Å². The van der Waals surface area contributed by atoms with E-state index in [2.05, 4.69) is 5.10 Å². The van der Waals surface area contributed by atoms with Crippen LogP contribution in [0.25, 0.3) is 0 Å². The second kappa shape index (κ2) is 6.38. The summed E-state index contributed by atoms with van der Waals surface area (Å²) in [7, 11) is 1.31. The Balaban J connectivity index is 1.25. The maximum Gasteiger partial charge on any atom is 0.433 e. The fraction of sp³-hybridized carbons (Fsp3) is 0.722. The lowest BCUT2D eigenvalue weighted by Gasteiger charge is -2.59. The summed E-state index contributed by atoms with van der Waals surface area (Å²) in [5.74, 6) is -0.313. The molecule has 10 heteroatoms. The van der Waals surface area contributed by atoms with E-state index in [9.17, 15) is 22.8 Å². The molecule has 4 rings (SSSR count). The second-order valence-electron chi connectivity index (χ2n) is 8.59. The summed E-state index contributed by atoms with van der Waals surface area (Å²) >= 11 is 0. The van der Waals surface area contributed by atoms with E-state index in [1.54, 1.807) is 9.80 Å². The smallest absolute Gasteiger partial charge is 0.369 e. The van der Waals surface area contributed by atoms with Gasteiger partial charge in [0, 0.05) is 38.6 Å². The van der Waals surface area contributed by atoms with Crippen molar-refractivity contribution in [3.63, 3.8) is 0 Å². The third kappa shape index (κ3) is 3.33. The van der Waals surface area contributed by atoms with Gasteiger partial charge >= 0.3 is 12.2 Å². The van der Waals surface area contributed by atoms with E-state index >= 15 is 0 Å². The molecule has 1 aromatic heterocycles. The van der Waals surface area contributed by atoms with Crippen molar-refractivity contribution in [2.75, 3.05) is 26.2 Å². The van der Waals surface area contributed by atoms with E-state index in [1.165, 1.54) is 7.05 Å². The molecule has 0 aromatic carbocycles. The molecular weight excluding hydrogens is 375 g/mol. The molecule has 7 nitrogen and oxygen atoms in total. The predicted molar refractivity (Wildman–Crippen MR) is 92.9 cm³/mol. The molecule has 1 aromatic rings. The van der Waals surface area contributed by atoms with Crippen molar-refractivity contribution < 1.29 is 22.8 Å². The van der Waals surface area contributed by atoms with Crippen LogP contribution in [-0.2, 0) is 24.4 Å². The molecule has 3 fully saturated rings. The number of carbonyl (C=O) groups is 2. The van der Waals surface area contributed by atoms with Crippen molar-refractivity contribution in [2.45, 2.75) is 31.9 Å². The van der Waals surface area contributed by atoms with Crippen molar-refractivity contribution in [3.05, 3.63) is 17.5 Å². The number of aryl methyl sites for hydroxylation is 1. The van der Waals surface area contributed by atoms with Crippen molar-refractivity contribution in [3.8, 4) is 0 Å². The second-order valence-corrected chi connectivity index (χ2v) is 8.59. The van der Waals surface area contributed by atoms with Gasteiger partial charge in [-0.25, -0.2) is 4.79 Å². The van der Waals surface area contributed by atoms with Crippen LogP contribution >= 0.6 is 0 Å². The first-order chi connectivity index (χ1) is 13.1. The van der Waals surface area contributed by atoms with Gasteiger partial charge in [0.25, 0.3) is 0 Å². The van der Waals surface area contributed by atoms with Gasteiger partial charge in [-0.15, -0.1) is 0 Å². The summed E-state index contributed by atoms with van der Waals surface area (Å²) < 4.78 is 39.5. The van der Waals surface area contributed by atoms with Crippen molar-refractivity contribution in [1.29, 1.82) is 0 Å². The summed E-state index contributed by atoms with van der Waals surface area (Å²) in [5.41, 5.74) is 5.16. The molecule has 1 atom stereocenters. The Morgan fingerprint density at radius 1 is 1.29 bits per heavy atom. The minimum atomic E-state index is -4.39. The Labute approximate surface area is 160 Å². The quantitative estimate of drug-likeness (QED) is 0.838. The van der Waals surface area contributed by atoms with Crippen molar-refractivity contribution >= 4 is 11.9 Å². The SMILES string of the molecule is Cn1nc(CC2CC3(C2)CN(C(=O)N2CC[C@H](C(N)=O)C2)C3)cc1C(F)(F)F. The van der Waals surface area contributed by atoms with Crippen molar-refractivity contribution in [2.24, 2.45) is 30.0 Å². The Hall–Kier alpha value is -2.26. The van der Waals surface area contributed by atoms with E-state index in [4.69, 9.17) is 5.73 Å². The fourth-order valence-electron chi connectivity index (χ4n) is 5.02. The molecule has 3 heterocycles. The summed E-state index contributed by atoms with van der Waals surface area (Å²) in [6.45, 7) is 2.30. The Morgan fingerprint density at radius 2 is 1.96 bits per heavy atom. The average Bonchev–Trinajstić information content (AvgIpc) is 3.14.